The first kappa shape index (κ1) is 11.8. The van der Waals surface area contributed by atoms with Crippen molar-refractivity contribution < 1.29 is 13.9 Å². The zero-order valence-corrected chi connectivity index (χ0v) is 7.56. The summed E-state index contributed by atoms with van der Waals surface area (Å²) < 4.78 is 23.9. The van der Waals surface area contributed by atoms with Gasteiger partial charge >= 0.3 is 0 Å². The Labute approximate surface area is 72.0 Å². The van der Waals surface area contributed by atoms with E-state index in [4.69, 9.17) is 5.11 Å². The van der Waals surface area contributed by atoms with E-state index >= 15 is 0 Å². The van der Waals surface area contributed by atoms with Crippen LogP contribution in [0, 0.1) is 5.92 Å². The highest BCUT2D eigenvalue weighted by Crippen LogP contribution is 2.02. The second-order valence-corrected chi connectivity index (χ2v) is 3.15. The van der Waals surface area contributed by atoms with Crippen molar-refractivity contribution in [2.75, 3.05) is 13.2 Å². The summed E-state index contributed by atoms with van der Waals surface area (Å²) in [7, 11) is 0. The Hall–Kier alpha value is -0.220. The molecule has 0 bridgehead atoms. The van der Waals surface area contributed by atoms with Crippen LogP contribution in [0.4, 0.5) is 8.78 Å². The molecule has 0 radical (unpaired) electrons. The van der Waals surface area contributed by atoms with Gasteiger partial charge in [0, 0.05) is 6.61 Å². The SMILES string of the molecule is CC(CCO)CNC(C)C(F)F. The number of nitrogens with one attached hydrogen (secondary N) is 1. The Bertz CT molecular complexity index is 111. The largest absolute Gasteiger partial charge is 0.396 e. The molecule has 0 amide bonds. The zero-order valence-electron chi connectivity index (χ0n) is 7.56. The van der Waals surface area contributed by atoms with E-state index in [0.29, 0.717) is 13.0 Å². The predicted octanol–water partition coefficient (Wildman–Crippen LogP) is 1.25. The average Bonchev–Trinajstić information content (AvgIpc) is 2.00. The summed E-state index contributed by atoms with van der Waals surface area (Å²) in [5.41, 5.74) is 0. The van der Waals surface area contributed by atoms with Crippen molar-refractivity contribution in [3.63, 3.8) is 0 Å². The Balaban J connectivity index is 3.40. The summed E-state index contributed by atoms with van der Waals surface area (Å²) in [6.07, 6.45) is -1.66. The number of aliphatic hydroxyl groups excluding tert-OH is 1. The maximum Gasteiger partial charge on any atom is 0.253 e. The fourth-order valence-corrected chi connectivity index (χ4v) is 0.799. The lowest BCUT2D eigenvalue weighted by molar-refractivity contribution is 0.103. The van der Waals surface area contributed by atoms with Crippen LogP contribution in [-0.2, 0) is 0 Å². The van der Waals surface area contributed by atoms with E-state index in [2.05, 4.69) is 5.32 Å². The molecule has 0 aliphatic carbocycles. The highest BCUT2D eigenvalue weighted by Gasteiger charge is 2.14. The van der Waals surface area contributed by atoms with Gasteiger partial charge in [0.05, 0.1) is 6.04 Å². The maximum absolute atomic E-state index is 12.0. The third kappa shape index (κ3) is 5.43. The molecule has 2 nitrogen and oxygen atoms in total. The molecule has 2 unspecified atom stereocenters. The van der Waals surface area contributed by atoms with Crippen LogP contribution in [0.5, 0.6) is 0 Å². The van der Waals surface area contributed by atoms with Crippen LogP contribution in [0.1, 0.15) is 20.3 Å². The van der Waals surface area contributed by atoms with Crippen LogP contribution >= 0.6 is 0 Å². The van der Waals surface area contributed by atoms with Gasteiger partial charge in [-0.3, -0.25) is 0 Å². The Morgan fingerprint density at radius 3 is 2.33 bits per heavy atom. The third-order valence-electron chi connectivity index (χ3n) is 1.79. The molecule has 0 heterocycles. The molecule has 0 fully saturated rings. The van der Waals surface area contributed by atoms with Gasteiger partial charge in [0.15, 0.2) is 0 Å². The standard InChI is InChI=1S/C8H17F2NO/c1-6(3-4-12)5-11-7(2)8(9)10/h6-8,11-12H,3-5H2,1-2H3. The number of rotatable bonds is 6. The van der Waals surface area contributed by atoms with Crippen molar-refractivity contribution in [1.29, 1.82) is 0 Å². The second-order valence-electron chi connectivity index (χ2n) is 3.15. The first-order chi connectivity index (χ1) is 5.57. The van der Waals surface area contributed by atoms with Gasteiger partial charge in [-0.05, 0) is 25.8 Å². The van der Waals surface area contributed by atoms with Crippen molar-refractivity contribution in [2.24, 2.45) is 5.92 Å². The van der Waals surface area contributed by atoms with Crippen molar-refractivity contribution in [3.05, 3.63) is 0 Å². The number of halogens is 2. The van der Waals surface area contributed by atoms with Gasteiger partial charge in [-0.25, -0.2) is 8.78 Å². The van der Waals surface area contributed by atoms with Crippen molar-refractivity contribution in [1.82, 2.24) is 5.32 Å². The third-order valence-corrected chi connectivity index (χ3v) is 1.79. The van der Waals surface area contributed by atoms with E-state index in [0.717, 1.165) is 0 Å². The molecule has 0 aromatic heterocycles. The summed E-state index contributed by atoms with van der Waals surface area (Å²) in [6.45, 7) is 4.02. The molecule has 0 aromatic carbocycles. The molecule has 0 saturated heterocycles. The summed E-state index contributed by atoms with van der Waals surface area (Å²) in [6, 6.07) is -0.758. The van der Waals surface area contributed by atoms with Crippen LogP contribution in [0.15, 0.2) is 0 Å². The van der Waals surface area contributed by atoms with Gasteiger partial charge in [-0.2, -0.15) is 0 Å². The van der Waals surface area contributed by atoms with Gasteiger partial charge in [-0.15, -0.1) is 0 Å². The molecule has 4 heteroatoms. The lowest BCUT2D eigenvalue weighted by Gasteiger charge is -2.16. The van der Waals surface area contributed by atoms with E-state index < -0.39 is 12.5 Å². The van der Waals surface area contributed by atoms with Crippen molar-refractivity contribution in [3.8, 4) is 0 Å². The second kappa shape index (κ2) is 6.31. The van der Waals surface area contributed by atoms with E-state index in [1.165, 1.54) is 6.92 Å². The lowest BCUT2D eigenvalue weighted by Crippen LogP contribution is -2.35. The molecule has 74 valence electrons. The van der Waals surface area contributed by atoms with Crippen LogP contribution in [0.2, 0.25) is 0 Å². The fourth-order valence-electron chi connectivity index (χ4n) is 0.799. The molecule has 2 atom stereocenters. The Morgan fingerprint density at radius 2 is 1.92 bits per heavy atom. The molecule has 0 saturated carbocycles. The molecule has 12 heavy (non-hydrogen) atoms. The Morgan fingerprint density at radius 1 is 1.33 bits per heavy atom. The molecule has 0 aliphatic heterocycles. The first-order valence-corrected chi connectivity index (χ1v) is 4.20. The zero-order chi connectivity index (χ0) is 9.56. The van der Waals surface area contributed by atoms with Crippen molar-refractivity contribution >= 4 is 0 Å². The Kier molecular flexibility index (Phi) is 6.20. The molecule has 0 aromatic rings. The van der Waals surface area contributed by atoms with E-state index in [1.807, 2.05) is 6.92 Å². The minimum atomic E-state index is -2.31. The molecule has 0 rings (SSSR count). The smallest absolute Gasteiger partial charge is 0.253 e. The van der Waals surface area contributed by atoms with Gasteiger partial charge in [0.1, 0.15) is 0 Å². The van der Waals surface area contributed by atoms with E-state index in [-0.39, 0.29) is 12.5 Å². The molecule has 0 aliphatic rings. The average molecular weight is 181 g/mol. The number of hydrogen-bond acceptors (Lipinski definition) is 2. The van der Waals surface area contributed by atoms with Gasteiger partial charge < -0.3 is 10.4 Å². The predicted molar refractivity (Wildman–Crippen MR) is 44.3 cm³/mol. The maximum atomic E-state index is 12.0. The summed E-state index contributed by atoms with van der Waals surface area (Å²) >= 11 is 0. The molecule has 2 N–H and O–H groups in total. The minimum Gasteiger partial charge on any atom is -0.396 e. The summed E-state index contributed by atoms with van der Waals surface area (Å²) in [5, 5.41) is 11.2. The minimum absolute atomic E-state index is 0.117. The van der Waals surface area contributed by atoms with Crippen molar-refractivity contribution in [2.45, 2.75) is 32.7 Å². The summed E-state index contributed by atoms with van der Waals surface area (Å²) in [4.78, 5) is 0. The normalized spacial score (nSPS) is 16.5. The number of aliphatic hydroxyl groups is 1. The monoisotopic (exact) mass is 181 g/mol. The molecular formula is C8H17F2NO. The topological polar surface area (TPSA) is 32.3 Å². The number of hydrogen-bond donors (Lipinski definition) is 2. The fraction of sp³-hybridized carbons (Fsp3) is 1.00. The summed E-state index contributed by atoms with van der Waals surface area (Å²) in [5.74, 6) is 0.246. The first-order valence-electron chi connectivity index (χ1n) is 4.20. The lowest BCUT2D eigenvalue weighted by atomic mass is 10.1. The van der Waals surface area contributed by atoms with Crippen LogP contribution in [-0.4, -0.2) is 30.7 Å². The number of alkyl halides is 2. The highest BCUT2D eigenvalue weighted by molar-refractivity contribution is 4.65. The van der Waals surface area contributed by atoms with Crippen LogP contribution in [0.3, 0.4) is 0 Å². The van der Waals surface area contributed by atoms with E-state index in [1.54, 1.807) is 0 Å². The molecule has 0 spiro atoms. The van der Waals surface area contributed by atoms with E-state index in [9.17, 15) is 8.78 Å². The highest BCUT2D eigenvalue weighted by atomic mass is 19.3. The van der Waals surface area contributed by atoms with Gasteiger partial charge in [0.25, 0.3) is 6.43 Å². The quantitative estimate of drug-likeness (QED) is 0.646. The van der Waals surface area contributed by atoms with Crippen LogP contribution < -0.4 is 5.32 Å². The van der Waals surface area contributed by atoms with Gasteiger partial charge in [-0.1, -0.05) is 6.92 Å². The van der Waals surface area contributed by atoms with Gasteiger partial charge in [0.2, 0.25) is 0 Å². The molecular weight excluding hydrogens is 164 g/mol. The van der Waals surface area contributed by atoms with Crippen LogP contribution in [0.25, 0.3) is 0 Å².